The van der Waals surface area contributed by atoms with Crippen LogP contribution in [0.15, 0.2) is 24.3 Å². The lowest BCUT2D eigenvalue weighted by molar-refractivity contribution is -0.134. The van der Waals surface area contributed by atoms with Crippen molar-refractivity contribution < 1.29 is 4.79 Å². The number of piperidine rings is 1. The quantitative estimate of drug-likeness (QED) is 0.721. The molecule has 3 aromatic rings. The van der Waals surface area contributed by atoms with Crippen LogP contribution in [0, 0.1) is 13.8 Å². The number of hydrogen-bond donors (Lipinski definition) is 0. The van der Waals surface area contributed by atoms with Crippen molar-refractivity contribution in [2.75, 3.05) is 6.54 Å². The maximum Gasteiger partial charge on any atom is 0.223 e. The summed E-state index contributed by atoms with van der Waals surface area (Å²) >= 11 is 0. The van der Waals surface area contributed by atoms with E-state index >= 15 is 0 Å². The van der Waals surface area contributed by atoms with Gasteiger partial charge in [0.15, 0.2) is 5.65 Å². The molecule has 3 heterocycles. The molecule has 1 aliphatic heterocycles. The van der Waals surface area contributed by atoms with Crippen molar-refractivity contribution in [3.63, 3.8) is 0 Å². The molecule has 1 unspecified atom stereocenters. The van der Waals surface area contributed by atoms with Gasteiger partial charge in [0.1, 0.15) is 0 Å². The standard InChI is InChI=1S/C21H26N4O/c1-14-8-6-7-13-24(14)20(26)12-11-17-15(2)22-21-18-9-4-5-10-19(18)23-25(21)16(17)3/h4-5,9-10,14H,6-8,11-13H2,1-3H3. The number of hydrogen-bond acceptors (Lipinski definition) is 3. The molecule has 0 spiro atoms. The first-order valence-corrected chi connectivity index (χ1v) is 9.59. The molecular weight excluding hydrogens is 324 g/mol. The number of amides is 1. The fourth-order valence-corrected chi connectivity index (χ4v) is 4.18. The van der Waals surface area contributed by atoms with Crippen LogP contribution >= 0.6 is 0 Å². The summed E-state index contributed by atoms with van der Waals surface area (Å²) < 4.78 is 1.93. The van der Waals surface area contributed by atoms with Gasteiger partial charge in [0.25, 0.3) is 0 Å². The van der Waals surface area contributed by atoms with Gasteiger partial charge in [0.05, 0.1) is 5.52 Å². The largest absolute Gasteiger partial charge is 0.340 e. The Kier molecular flexibility index (Phi) is 4.39. The second kappa shape index (κ2) is 6.71. The first-order valence-electron chi connectivity index (χ1n) is 9.59. The van der Waals surface area contributed by atoms with Crippen LogP contribution in [0.5, 0.6) is 0 Å². The predicted molar refractivity (Wildman–Crippen MR) is 103 cm³/mol. The molecule has 0 radical (unpaired) electrons. The van der Waals surface area contributed by atoms with Crippen LogP contribution in [-0.4, -0.2) is 38.0 Å². The van der Waals surface area contributed by atoms with E-state index in [1.54, 1.807) is 0 Å². The first-order chi connectivity index (χ1) is 12.6. The normalized spacial score (nSPS) is 18.0. The Morgan fingerprint density at radius 1 is 1.23 bits per heavy atom. The summed E-state index contributed by atoms with van der Waals surface area (Å²) in [5.41, 5.74) is 5.08. The molecular formula is C21H26N4O. The van der Waals surface area contributed by atoms with Crippen molar-refractivity contribution in [3.05, 3.63) is 41.2 Å². The number of aromatic nitrogens is 3. The van der Waals surface area contributed by atoms with Gasteiger partial charge in [-0.3, -0.25) is 4.79 Å². The molecule has 26 heavy (non-hydrogen) atoms. The molecule has 136 valence electrons. The van der Waals surface area contributed by atoms with Gasteiger partial charge in [-0.05, 0) is 64.2 Å². The van der Waals surface area contributed by atoms with Gasteiger partial charge in [0, 0.05) is 35.8 Å². The van der Waals surface area contributed by atoms with Crippen molar-refractivity contribution in [1.82, 2.24) is 19.5 Å². The average molecular weight is 350 g/mol. The second-order valence-electron chi connectivity index (χ2n) is 7.45. The molecule has 0 aliphatic carbocycles. The minimum atomic E-state index is 0.265. The maximum atomic E-state index is 12.7. The highest BCUT2D eigenvalue weighted by Gasteiger charge is 2.23. The zero-order valence-corrected chi connectivity index (χ0v) is 15.8. The molecule has 5 nitrogen and oxygen atoms in total. The third-order valence-electron chi connectivity index (χ3n) is 5.73. The van der Waals surface area contributed by atoms with E-state index in [2.05, 4.69) is 24.8 Å². The fourth-order valence-electron chi connectivity index (χ4n) is 4.18. The Morgan fingerprint density at radius 3 is 2.85 bits per heavy atom. The molecule has 0 saturated carbocycles. The lowest BCUT2D eigenvalue weighted by atomic mass is 10.0. The molecule has 1 fully saturated rings. The minimum absolute atomic E-state index is 0.265. The summed E-state index contributed by atoms with van der Waals surface area (Å²) in [5, 5.41) is 5.78. The van der Waals surface area contributed by atoms with Gasteiger partial charge < -0.3 is 4.90 Å². The summed E-state index contributed by atoms with van der Waals surface area (Å²) in [7, 11) is 0. The number of fused-ring (bicyclic) bond motifs is 3. The van der Waals surface area contributed by atoms with Crippen LogP contribution in [0.25, 0.3) is 16.6 Å². The van der Waals surface area contributed by atoms with Gasteiger partial charge >= 0.3 is 0 Å². The van der Waals surface area contributed by atoms with Gasteiger partial charge in [0.2, 0.25) is 5.91 Å². The van der Waals surface area contributed by atoms with Crippen molar-refractivity contribution in [1.29, 1.82) is 0 Å². The van der Waals surface area contributed by atoms with Crippen molar-refractivity contribution >= 4 is 22.5 Å². The molecule has 1 atom stereocenters. The predicted octanol–water partition coefficient (Wildman–Crippen LogP) is 3.83. The van der Waals surface area contributed by atoms with E-state index in [4.69, 9.17) is 10.1 Å². The average Bonchev–Trinajstić information content (AvgIpc) is 3.01. The molecule has 2 aromatic heterocycles. The third kappa shape index (κ3) is 2.85. The molecule has 4 rings (SSSR count). The van der Waals surface area contributed by atoms with Crippen LogP contribution in [0.1, 0.15) is 49.6 Å². The Hall–Kier alpha value is -2.43. The van der Waals surface area contributed by atoms with Crippen LogP contribution < -0.4 is 0 Å². The smallest absolute Gasteiger partial charge is 0.223 e. The second-order valence-corrected chi connectivity index (χ2v) is 7.45. The molecule has 1 saturated heterocycles. The fraction of sp³-hybridized carbons (Fsp3) is 0.476. The molecule has 1 aliphatic rings. The zero-order chi connectivity index (χ0) is 18.3. The molecule has 5 heteroatoms. The van der Waals surface area contributed by atoms with Crippen molar-refractivity contribution in [2.45, 2.75) is 58.9 Å². The van der Waals surface area contributed by atoms with E-state index < -0.39 is 0 Å². The highest BCUT2D eigenvalue weighted by atomic mass is 16.2. The molecule has 0 N–H and O–H groups in total. The Bertz CT molecular complexity index is 975. The number of aryl methyl sites for hydroxylation is 2. The summed E-state index contributed by atoms with van der Waals surface area (Å²) in [6, 6.07) is 8.46. The van der Waals surface area contributed by atoms with Crippen LogP contribution in [0.4, 0.5) is 0 Å². The monoisotopic (exact) mass is 350 g/mol. The van der Waals surface area contributed by atoms with Crippen LogP contribution in [0.2, 0.25) is 0 Å². The van der Waals surface area contributed by atoms with E-state index in [-0.39, 0.29) is 5.91 Å². The molecule has 1 amide bonds. The number of likely N-dealkylation sites (tertiary alicyclic amines) is 1. The maximum absolute atomic E-state index is 12.7. The summed E-state index contributed by atoms with van der Waals surface area (Å²) in [6.45, 7) is 7.19. The Morgan fingerprint density at radius 2 is 2.04 bits per heavy atom. The Labute approximate surface area is 154 Å². The lowest BCUT2D eigenvalue weighted by Crippen LogP contribution is -2.42. The summed E-state index contributed by atoms with van der Waals surface area (Å²) in [6.07, 6.45) is 4.74. The van der Waals surface area contributed by atoms with Gasteiger partial charge in [-0.15, -0.1) is 0 Å². The van der Waals surface area contributed by atoms with E-state index in [0.717, 1.165) is 59.3 Å². The number of carbonyl (C=O) groups is 1. The Balaban J connectivity index is 1.62. The topological polar surface area (TPSA) is 50.5 Å². The highest BCUT2D eigenvalue weighted by molar-refractivity contribution is 5.92. The number of carbonyl (C=O) groups excluding carboxylic acids is 1. The minimum Gasteiger partial charge on any atom is -0.340 e. The molecule has 1 aromatic carbocycles. The number of rotatable bonds is 3. The first kappa shape index (κ1) is 17.0. The summed E-state index contributed by atoms with van der Waals surface area (Å²) in [5.74, 6) is 0.265. The van der Waals surface area contributed by atoms with Crippen molar-refractivity contribution in [3.8, 4) is 0 Å². The lowest BCUT2D eigenvalue weighted by Gasteiger charge is -2.33. The zero-order valence-electron chi connectivity index (χ0n) is 15.8. The van der Waals surface area contributed by atoms with Gasteiger partial charge in [-0.1, -0.05) is 12.1 Å². The van der Waals surface area contributed by atoms with Crippen molar-refractivity contribution in [2.24, 2.45) is 0 Å². The number of nitrogens with zero attached hydrogens (tertiary/aromatic N) is 4. The van der Waals surface area contributed by atoms with E-state index in [1.807, 2.05) is 29.6 Å². The SMILES string of the molecule is Cc1nc2c3ccccc3nn2c(C)c1CCC(=O)N1CCCCC1C. The molecule has 0 bridgehead atoms. The van der Waals surface area contributed by atoms with E-state index in [0.29, 0.717) is 12.5 Å². The van der Waals surface area contributed by atoms with Crippen LogP contribution in [-0.2, 0) is 11.2 Å². The number of benzene rings is 1. The third-order valence-corrected chi connectivity index (χ3v) is 5.73. The van der Waals surface area contributed by atoms with E-state index in [1.165, 1.54) is 6.42 Å². The van der Waals surface area contributed by atoms with Crippen LogP contribution in [0.3, 0.4) is 0 Å². The van der Waals surface area contributed by atoms with E-state index in [9.17, 15) is 4.79 Å². The summed E-state index contributed by atoms with van der Waals surface area (Å²) in [4.78, 5) is 19.6. The highest BCUT2D eigenvalue weighted by Crippen LogP contribution is 2.24. The van der Waals surface area contributed by atoms with Gasteiger partial charge in [-0.25, -0.2) is 9.50 Å². The van der Waals surface area contributed by atoms with Gasteiger partial charge in [-0.2, -0.15) is 5.10 Å².